The van der Waals surface area contributed by atoms with Crippen LogP contribution in [0.15, 0.2) is 60.7 Å². The monoisotopic (exact) mass is 462 g/mol. The third-order valence-corrected chi connectivity index (χ3v) is 11.3. The minimum absolute atomic E-state index is 0.169. The summed E-state index contributed by atoms with van der Waals surface area (Å²) in [4.78, 5) is 0. The maximum Gasteiger partial charge on any atom is 0.261 e. The molecule has 7 heteroatoms. The van der Waals surface area contributed by atoms with E-state index in [2.05, 4.69) is 45.0 Å². The Kier molecular flexibility index (Phi) is 8.24. The molecule has 2 aromatic carbocycles. The second kappa shape index (κ2) is 10.5. The Labute approximate surface area is 191 Å². The van der Waals surface area contributed by atoms with Crippen molar-refractivity contribution in [3.05, 3.63) is 60.7 Å². The molecule has 1 fully saturated rings. The van der Waals surface area contributed by atoms with Gasteiger partial charge >= 0.3 is 0 Å². The highest BCUT2D eigenvalue weighted by Gasteiger charge is 2.53. The van der Waals surface area contributed by atoms with E-state index in [9.17, 15) is 4.39 Å². The molecule has 1 heterocycles. The van der Waals surface area contributed by atoms with Crippen molar-refractivity contribution in [3.8, 4) is 0 Å². The Morgan fingerprint density at radius 2 is 1.25 bits per heavy atom. The van der Waals surface area contributed by atoms with Gasteiger partial charge in [0.15, 0.2) is 0 Å². The summed E-state index contributed by atoms with van der Waals surface area (Å²) in [6, 6.07) is 20.6. The summed E-state index contributed by atoms with van der Waals surface area (Å²) >= 11 is 0. The van der Waals surface area contributed by atoms with Crippen molar-refractivity contribution in [1.29, 1.82) is 0 Å². The summed E-state index contributed by atoms with van der Waals surface area (Å²) in [5, 5.41) is 2.11. The van der Waals surface area contributed by atoms with E-state index in [1.165, 1.54) is 14.2 Å². The third kappa shape index (κ3) is 4.69. The van der Waals surface area contributed by atoms with Crippen molar-refractivity contribution >= 4 is 18.7 Å². The normalized spacial score (nSPS) is 26.8. The van der Waals surface area contributed by atoms with Crippen LogP contribution in [0, 0.1) is 0 Å². The molecule has 1 aliphatic rings. The van der Waals surface area contributed by atoms with Crippen LogP contribution in [0.1, 0.15) is 20.8 Å². The molecule has 1 aliphatic heterocycles. The molecule has 1 saturated heterocycles. The average molecular weight is 463 g/mol. The molecule has 0 bridgehead atoms. The number of rotatable bonds is 8. The second-order valence-electron chi connectivity index (χ2n) is 9.10. The van der Waals surface area contributed by atoms with Crippen LogP contribution in [0.5, 0.6) is 0 Å². The minimum Gasteiger partial charge on any atom is -0.405 e. The topological polar surface area (TPSA) is 46.2 Å². The van der Waals surface area contributed by atoms with Gasteiger partial charge in [-0.1, -0.05) is 81.4 Å². The summed E-state index contributed by atoms with van der Waals surface area (Å²) in [5.74, 6) is 0. The lowest BCUT2D eigenvalue weighted by Crippen LogP contribution is -2.68. The minimum atomic E-state index is -2.79. The van der Waals surface area contributed by atoms with E-state index in [1.54, 1.807) is 7.11 Å². The molecule has 5 atom stereocenters. The molecule has 2 aromatic rings. The number of methoxy groups -OCH3 is 3. The Balaban J connectivity index is 2.01. The van der Waals surface area contributed by atoms with Crippen molar-refractivity contribution in [2.24, 2.45) is 0 Å². The molecule has 0 radical (unpaired) electrons. The first-order chi connectivity index (χ1) is 15.3. The van der Waals surface area contributed by atoms with E-state index < -0.39 is 39.1 Å². The Hall–Kier alpha value is -1.61. The van der Waals surface area contributed by atoms with Crippen LogP contribution in [-0.4, -0.2) is 67.0 Å². The van der Waals surface area contributed by atoms with E-state index in [-0.39, 0.29) is 11.6 Å². The van der Waals surface area contributed by atoms with Crippen molar-refractivity contribution in [1.82, 2.24) is 0 Å². The highest BCUT2D eigenvalue weighted by Crippen LogP contribution is 2.37. The third-order valence-electron chi connectivity index (χ3n) is 6.27. The molecule has 0 aliphatic carbocycles. The maximum atomic E-state index is 14.8. The van der Waals surface area contributed by atoms with Gasteiger partial charge in [-0.05, 0) is 15.4 Å². The highest BCUT2D eigenvalue weighted by molar-refractivity contribution is 6.99. The van der Waals surface area contributed by atoms with Crippen LogP contribution >= 0.6 is 0 Å². The van der Waals surface area contributed by atoms with Gasteiger partial charge in [0.1, 0.15) is 24.4 Å². The smallest absolute Gasteiger partial charge is 0.261 e. The number of ether oxygens (including phenoxy) is 4. The first-order valence-corrected chi connectivity index (χ1v) is 12.8. The van der Waals surface area contributed by atoms with Crippen molar-refractivity contribution in [3.63, 3.8) is 0 Å². The van der Waals surface area contributed by atoms with Crippen LogP contribution < -0.4 is 10.4 Å². The summed E-state index contributed by atoms with van der Waals surface area (Å²) in [5.41, 5.74) is 0. The predicted octanol–water partition coefficient (Wildman–Crippen LogP) is 3.30. The molecule has 0 N–H and O–H groups in total. The second-order valence-corrected chi connectivity index (χ2v) is 13.4. The van der Waals surface area contributed by atoms with E-state index >= 15 is 0 Å². The lowest BCUT2D eigenvalue weighted by molar-refractivity contribution is -0.277. The fourth-order valence-corrected chi connectivity index (χ4v) is 9.34. The van der Waals surface area contributed by atoms with Crippen LogP contribution in [0.25, 0.3) is 0 Å². The number of alkyl halides is 1. The Bertz CT molecular complexity index is 790. The molecule has 3 rings (SSSR count). The SMILES string of the molecule is CO[C@@H]1[C@@H](OC)[C@@H](F)O[C@H](CO[Si](c2ccccc2)(c2ccccc2)C(C)(C)C)[C@H]1OC. The van der Waals surface area contributed by atoms with Gasteiger partial charge < -0.3 is 23.4 Å². The zero-order valence-electron chi connectivity index (χ0n) is 19.8. The first kappa shape index (κ1) is 25.0. The van der Waals surface area contributed by atoms with Crippen molar-refractivity contribution < 1.29 is 27.8 Å². The number of benzene rings is 2. The summed E-state index contributed by atoms with van der Waals surface area (Å²) < 4.78 is 44.0. The molecule has 0 aromatic heterocycles. The van der Waals surface area contributed by atoms with Gasteiger partial charge in [0.05, 0.1) is 6.61 Å². The zero-order chi connectivity index (χ0) is 23.4. The average Bonchev–Trinajstić information content (AvgIpc) is 2.79. The fraction of sp³-hybridized carbons (Fsp3) is 0.520. The molecular weight excluding hydrogens is 427 g/mol. The Morgan fingerprint density at radius 1 is 0.781 bits per heavy atom. The van der Waals surface area contributed by atoms with E-state index in [0.717, 1.165) is 10.4 Å². The molecule has 32 heavy (non-hydrogen) atoms. The summed E-state index contributed by atoms with van der Waals surface area (Å²) in [6.45, 7) is 6.77. The van der Waals surface area contributed by atoms with Gasteiger partial charge in [-0.25, -0.2) is 4.39 Å². The molecule has 0 unspecified atom stereocenters. The van der Waals surface area contributed by atoms with E-state index in [4.69, 9.17) is 23.4 Å². The van der Waals surface area contributed by atoms with Crippen LogP contribution in [0.4, 0.5) is 4.39 Å². The lowest BCUT2D eigenvalue weighted by Gasteiger charge is -2.46. The number of hydrogen-bond donors (Lipinski definition) is 0. The predicted molar refractivity (Wildman–Crippen MR) is 126 cm³/mol. The maximum absolute atomic E-state index is 14.8. The molecular formula is C25H35FO5Si. The van der Waals surface area contributed by atoms with Gasteiger partial charge in [-0.3, -0.25) is 0 Å². The zero-order valence-corrected chi connectivity index (χ0v) is 20.8. The van der Waals surface area contributed by atoms with Crippen LogP contribution in [-0.2, 0) is 23.4 Å². The molecule has 5 nitrogen and oxygen atoms in total. The number of hydrogen-bond acceptors (Lipinski definition) is 5. The van der Waals surface area contributed by atoms with Crippen molar-refractivity contribution in [2.45, 2.75) is 56.6 Å². The molecule has 0 amide bonds. The van der Waals surface area contributed by atoms with Gasteiger partial charge in [0, 0.05) is 21.3 Å². The fourth-order valence-electron chi connectivity index (χ4n) is 4.77. The van der Waals surface area contributed by atoms with Crippen molar-refractivity contribution in [2.75, 3.05) is 27.9 Å². The van der Waals surface area contributed by atoms with Gasteiger partial charge in [-0.15, -0.1) is 0 Å². The molecule has 176 valence electrons. The lowest BCUT2D eigenvalue weighted by atomic mass is 9.99. The molecule has 0 spiro atoms. The largest absolute Gasteiger partial charge is 0.405 e. The highest BCUT2D eigenvalue weighted by atomic mass is 28.4. The Morgan fingerprint density at radius 3 is 1.66 bits per heavy atom. The van der Waals surface area contributed by atoms with Gasteiger partial charge in [0.25, 0.3) is 8.32 Å². The first-order valence-electron chi connectivity index (χ1n) is 10.9. The van der Waals surface area contributed by atoms with Crippen LogP contribution in [0.3, 0.4) is 0 Å². The molecule has 0 saturated carbocycles. The summed E-state index contributed by atoms with van der Waals surface area (Å²) in [6.07, 6.45) is -4.29. The van der Waals surface area contributed by atoms with Gasteiger partial charge in [-0.2, -0.15) is 0 Å². The summed E-state index contributed by atoms with van der Waals surface area (Å²) in [7, 11) is 1.76. The van der Waals surface area contributed by atoms with Gasteiger partial charge in [0.2, 0.25) is 6.36 Å². The van der Waals surface area contributed by atoms with Crippen LogP contribution in [0.2, 0.25) is 5.04 Å². The quantitative estimate of drug-likeness (QED) is 0.564. The number of halogens is 1. The van der Waals surface area contributed by atoms with E-state index in [1.807, 2.05) is 36.4 Å². The van der Waals surface area contributed by atoms with E-state index in [0.29, 0.717) is 0 Å². The standard InChI is InChI=1S/C25H35FO5Si/c1-25(2,3)32(18-13-9-7-10-14-18,19-15-11-8-12-16-19)30-17-20-21(27-4)22(28-5)23(29-6)24(26)31-20/h7-16,20-24H,17H2,1-6H3/t20-,21-,22+,23-,24+/m1/s1.